The minimum atomic E-state index is -1.44. The summed E-state index contributed by atoms with van der Waals surface area (Å²) in [7, 11) is 0. The Bertz CT molecular complexity index is 448. The van der Waals surface area contributed by atoms with Crippen LogP contribution in [-0.4, -0.2) is 93.7 Å². The highest BCUT2D eigenvalue weighted by atomic mass is 16.7. The smallest absolute Gasteiger partial charge is 0.175 e. The molecule has 2 fully saturated rings. The van der Waals surface area contributed by atoms with Gasteiger partial charge in [0.05, 0.1) is 37.4 Å². The Kier molecular flexibility index (Phi) is 4.52. The first-order valence-electron chi connectivity index (χ1n) is 7.26. The van der Waals surface area contributed by atoms with Crippen LogP contribution in [0, 0.1) is 0 Å². The van der Waals surface area contributed by atoms with Gasteiger partial charge in [-0.05, 0) is 5.57 Å². The molecular formula is C13H22N2O7. The lowest BCUT2D eigenvalue weighted by atomic mass is 9.86. The van der Waals surface area contributed by atoms with Crippen LogP contribution in [-0.2, 0) is 9.47 Å². The first-order chi connectivity index (χ1) is 10.4. The van der Waals surface area contributed by atoms with Gasteiger partial charge in [-0.15, -0.1) is 0 Å². The van der Waals surface area contributed by atoms with E-state index in [2.05, 4.69) is 5.32 Å². The Hall–Kier alpha value is -0.620. The molecule has 2 saturated heterocycles. The summed E-state index contributed by atoms with van der Waals surface area (Å²) < 4.78 is 10.9. The van der Waals surface area contributed by atoms with Crippen molar-refractivity contribution in [3.05, 3.63) is 11.6 Å². The average Bonchev–Trinajstić information content (AvgIpc) is 2.96. The maximum Gasteiger partial charge on any atom is 0.175 e. The lowest BCUT2D eigenvalue weighted by Crippen LogP contribution is -2.66. The summed E-state index contributed by atoms with van der Waals surface area (Å²) in [5.74, 6) is 0. The number of aliphatic hydroxyl groups is 5. The summed E-state index contributed by atoms with van der Waals surface area (Å²) in [4.78, 5) is 0. The Labute approximate surface area is 126 Å². The zero-order chi connectivity index (χ0) is 16.0. The van der Waals surface area contributed by atoms with Crippen molar-refractivity contribution in [3.63, 3.8) is 0 Å². The van der Waals surface area contributed by atoms with Gasteiger partial charge in [0.15, 0.2) is 6.29 Å². The molecule has 0 aromatic carbocycles. The zero-order valence-electron chi connectivity index (χ0n) is 11.8. The van der Waals surface area contributed by atoms with Crippen LogP contribution in [0.5, 0.6) is 0 Å². The lowest BCUT2D eigenvalue weighted by Gasteiger charge is -2.41. The normalized spacial score (nSPS) is 51.7. The van der Waals surface area contributed by atoms with E-state index in [0.29, 0.717) is 0 Å². The summed E-state index contributed by atoms with van der Waals surface area (Å²) in [6, 6.07) is -2.10. The largest absolute Gasteiger partial charge is 0.392 e. The molecule has 2 bridgehead atoms. The van der Waals surface area contributed by atoms with Gasteiger partial charge in [-0.25, -0.2) is 0 Å². The molecule has 2 heterocycles. The number of hydrogen-bond acceptors (Lipinski definition) is 9. The summed E-state index contributed by atoms with van der Waals surface area (Å²) in [6.45, 7) is -0.182. The molecule has 0 aromatic rings. The average molecular weight is 318 g/mol. The first-order valence-corrected chi connectivity index (χ1v) is 7.26. The number of rotatable bonds is 3. The molecular weight excluding hydrogens is 296 g/mol. The Morgan fingerprint density at radius 2 is 1.91 bits per heavy atom. The Morgan fingerprint density at radius 1 is 1.18 bits per heavy atom. The van der Waals surface area contributed by atoms with Crippen LogP contribution in [0.25, 0.3) is 0 Å². The van der Waals surface area contributed by atoms with Gasteiger partial charge in [-0.1, -0.05) is 6.08 Å². The molecule has 3 aliphatic rings. The van der Waals surface area contributed by atoms with Crippen LogP contribution in [0.1, 0.15) is 0 Å². The third-order valence-corrected chi connectivity index (χ3v) is 4.59. The SMILES string of the molecule is NC1C2OCC(O2)C(NC2C=C(CO)C(O)C(O)C2O)C1O. The third-order valence-electron chi connectivity index (χ3n) is 4.59. The molecule has 0 aromatic heterocycles. The second-order valence-electron chi connectivity index (χ2n) is 5.99. The first kappa shape index (κ1) is 16.2. The van der Waals surface area contributed by atoms with Crippen LogP contribution in [0.4, 0.5) is 0 Å². The topological polar surface area (TPSA) is 158 Å². The quantitative estimate of drug-likeness (QED) is 0.256. The molecule has 0 radical (unpaired) electrons. The lowest BCUT2D eigenvalue weighted by molar-refractivity contribution is -0.147. The molecule has 22 heavy (non-hydrogen) atoms. The number of fused-ring (bicyclic) bond motifs is 2. The number of nitrogens with one attached hydrogen (secondary N) is 1. The van der Waals surface area contributed by atoms with Crippen molar-refractivity contribution < 1.29 is 35.0 Å². The standard InChI is InChI=1S/C13H22N2O7/c14-7-11(19)8(6-3-21-13(7)22-6)15-5-1-4(2-16)9(17)12(20)10(5)18/h1,5-13,15-20H,2-3,14H2. The van der Waals surface area contributed by atoms with Crippen molar-refractivity contribution in [3.8, 4) is 0 Å². The van der Waals surface area contributed by atoms with Gasteiger partial charge in [0.1, 0.15) is 24.4 Å². The van der Waals surface area contributed by atoms with Crippen LogP contribution in [0.2, 0.25) is 0 Å². The molecule has 2 aliphatic heterocycles. The van der Waals surface area contributed by atoms with E-state index in [1.165, 1.54) is 6.08 Å². The van der Waals surface area contributed by atoms with Gasteiger partial charge in [0, 0.05) is 0 Å². The second kappa shape index (κ2) is 6.11. The second-order valence-corrected chi connectivity index (χ2v) is 5.99. The van der Waals surface area contributed by atoms with Crippen molar-refractivity contribution in [2.75, 3.05) is 13.2 Å². The summed E-state index contributed by atoms with van der Waals surface area (Å²) in [6.07, 6.45) is -4.64. The fourth-order valence-electron chi connectivity index (χ4n) is 3.22. The molecule has 1 aliphatic carbocycles. The Morgan fingerprint density at radius 3 is 2.59 bits per heavy atom. The molecule has 0 amide bonds. The number of nitrogens with two attached hydrogens (primary N) is 1. The van der Waals surface area contributed by atoms with E-state index in [-0.39, 0.29) is 12.2 Å². The molecule has 9 heteroatoms. The maximum absolute atomic E-state index is 10.3. The molecule has 9 nitrogen and oxygen atoms in total. The van der Waals surface area contributed by atoms with Crippen molar-refractivity contribution in [2.45, 2.75) is 54.9 Å². The molecule has 9 unspecified atom stereocenters. The fourth-order valence-corrected chi connectivity index (χ4v) is 3.22. The monoisotopic (exact) mass is 318 g/mol. The maximum atomic E-state index is 10.3. The molecule has 126 valence electrons. The fraction of sp³-hybridized carbons (Fsp3) is 0.846. The van der Waals surface area contributed by atoms with Gasteiger partial charge in [0.25, 0.3) is 0 Å². The predicted molar refractivity (Wildman–Crippen MR) is 72.5 cm³/mol. The van der Waals surface area contributed by atoms with Gasteiger partial charge < -0.3 is 46.1 Å². The van der Waals surface area contributed by atoms with Crippen LogP contribution in [0.15, 0.2) is 11.6 Å². The van der Waals surface area contributed by atoms with E-state index < -0.39 is 61.5 Å². The summed E-state index contributed by atoms with van der Waals surface area (Å²) in [5.41, 5.74) is 6.05. The highest BCUT2D eigenvalue weighted by molar-refractivity contribution is 5.22. The minimum absolute atomic E-state index is 0.200. The zero-order valence-corrected chi connectivity index (χ0v) is 11.8. The van der Waals surface area contributed by atoms with Crippen molar-refractivity contribution in [2.24, 2.45) is 5.73 Å². The van der Waals surface area contributed by atoms with Gasteiger partial charge in [0.2, 0.25) is 0 Å². The molecule has 0 saturated carbocycles. The van der Waals surface area contributed by atoms with E-state index in [1.54, 1.807) is 0 Å². The third kappa shape index (κ3) is 2.58. The van der Waals surface area contributed by atoms with Gasteiger partial charge in [-0.3, -0.25) is 0 Å². The van der Waals surface area contributed by atoms with Crippen molar-refractivity contribution in [1.29, 1.82) is 0 Å². The summed E-state index contributed by atoms with van der Waals surface area (Å²) >= 11 is 0. The van der Waals surface area contributed by atoms with E-state index in [4.69, 9.17) is 15.2 Å². The highest BCUT2D eigenvalue weighted by Crippen LogP contribution is 2.29. The van der Waals surface area contributed by atoms with Crippen LogP contribution < -0.4 is 11.1 Å². The highest BCUT2D eigenvalue weighted by Gasteiger charge is 2.50. The number of aliphatic hydroxyl groups excluding tert-OH is 5. The van der Waals surface area contributed by atoms with Crippen molar-refractivity contribution in [1.82, 2.24) is 5.32 Å². The number of hydrogen-bond donors (Lipinski definition) is 7. The van der Waals surface area contributed by atoms with E-state index >= 15 is 0 Å². The predicted octanol–water partition coefficient (Wildman–Crippen LogP) is -4.23. The summed E-state index contributed by atoms with van der Waals surface area (Å²) in [5, 5.41) is 52.2. The molecule has 9 atom stereocenters. The number of ether oxygens (including phenoxy) is 2. The minimum Gasteiger partial charge on any atom is -0.392 e. The van der Waals surface area contributed by atoms with Crippen LogP contribution >= 0.6 is 0 Å². The molecule has 0 spiro atoms. The molecule has 3 rings (SSSR count). The van der Waals surface area contributed by atoms with Gasteiger partial charge in [-0.2, -0.15) is 0 Å². The Balaban J connectivity index is 1.78. The van der Waals surface area contributed by atoms with Crippen molar-refractivity contribution >= 4 is 0 Å². The van der Waals surface area contributed by atoms with E-state index in [9.17, 15) is 25.5 Å². The van der Waals surface area contributed by atoms with Crippen LogP contribution in [0.3, 0.4) is 0 Å². The van der Waals surface area contributed by atoms with E-state index in [0.717, 1.165) is 0 Å². The van der Waals surface area contributed by atoms with Gasteiger partial charge >= 0.3 is 0 Å². The molecule has 8 N–H and O–H groups in total. The van der Waals surface area contributed by atoms with E-state index in [1.807, 2.05) is 0 Å².